The molecule has 12 rings (SSSR count). The topological polar surface area (TPSA) is 209 Å². The Morgan fingerprint density at radius 1 is 0.337 bits per heavy atom. The molecule has 525 valence electrons. The molecule has 27 heteroatoms. The first-order valence-corrected chi connectivity index (χ1v) is 45.7. The molecule has 6 saturated carbocycles. The molecule has 3 aromatic rings. The maximum Gasteiger partial charge on any atom is 0.0545 e. The largest absolute Gasteiger partial charge is 0.311 e. The monoisotopic (exact) mass is 1560 g/mol. The summed E-state index contributed by atoms with van der Waals surface area (Å²) in [6.45, 7) is 12.1. The Hall–Kier alpha value is 0.868. The van der Waals surface area contributed by atoms with E-state index in [0.717, 1.165) is 112 Å². The van der Waals surface area contributed by atoms with Crippen LogP contribution in [0, 0.1) is 0 Å². The van der Waals surface area contributed by atoms with Crippen LogP contribution in [-0.4, -0.2) is 139 Å². The van der Waals surface area contributed by atoms with Crippen molar-refractivity contribution in [3.63, 3.8) is 0 Å². The molecule has 14 N–H and O–H groups in total. The Balaban J connectivity index is 0.000000184. The number of hydrogen-bond donors (Lipinski definition) is 13. The second-order valence-corrected chi connectivity index (χ2v) is 33.4. The molecule has 6 heterocycles. The molecule has 6 unspecified atom stereocenters. The molecule has 0 radical (unpaired) electrons. The van der Waals surface area contributed by atoms with Gasteiger partial charge in [0, 0.05) is 173 Å². The number of hydrogen-bond acceptors (Lipinski definition) is 17. The van der Waals surface area contributed by atoms with E-state index in [0.29, 0.717) is 79.0 Å². The molecular weight excluding hydrogens is 1450 g/mol. The predicted molar refractivity (Wildman–Crippen MR) is 378 cm³/mol. The second-order valence-electron chi connectivity index (χ2n) is 26.0. The Kier molecular flexibility index (Phi) is 42.4. The molecule has 92 heavy (non-hydrogen) atoms. The van der Waals surface area contributed by atoms with E-state index in [1.807, 2.05) is 23.9 Å². The number of halogens is 7. The fourth-order valence-electron chi connectivity index (χ4n) is 15.3. The van der Waals surface area contributed by atoms with Gasteiger partial charge in [0.15, 0.2) is 0 Å². The molecule has 0 saturated heterocycles. The van der Waals surface area contributed by atoms with Crippen LogP contribution in [0.15, 0.2) is 47.4 Å². The van der Waals surface area contributed by atoms with Gasteiger partial charge in [0.05, 0.1) is 34.2 Å². The van der Waals surface area contributed by atoms with Gasteiger partial charge in [-0.25, -0.2) is 0 Å². The molecule has 0 spiro atoms. The van der Waals surface area contributed by atoms with Gasteiger partial charge in [-0.05, 0) is 113 Å². The summed E-state index contributed by atoms with van der Waals surface area (Å²) in [4.78, 5) is 16.1. The third-order valence-corrected chi connectivity index (χ3v) is 21.0. The van der Waals surface area contributed by atoms with E-state index < -0.39 is 0 Å². The van der Waals surface area contributed by atoms with E-state index in [9.17, 15) is 0 Å². The first-order valence-electron chi connectivity index (χ1n) is 34.6. The van der Waals surface area contributed by atoms with Crippen LogP contribution in [0.2, 0.25) is 5.02 Å². The molecule has 3 aromatic heterocycles. The fourth-order valence-corrected chi connectivity index (χ4v) is 16.3. The summed E-state index contributed by atoms with van der Waals surface area (Å²) in [7, 11) is 28.8. The number of aromatic nitrogens is 3. The summed E-state index contributed by atoms with van der Waals surface area (Å²) in [6, 6.07) is 21.7. The summed E-state index contributed by atoms with van der Waals surface area (Å²) in [5.74, 6) is 0.951. The molecule has 0 aromatic carbocycles. The molecule has 3 aliphatic heterocycles. The standard InChI is InChI=1S/C23H40N6S.C21H34ClN5.C21H35N5.6ClH.3Mn/c24-9-12-30-19-13-17-15-27-22-7-3-1-5-20(22)25-10-11-26-21-6-2-4-8-23(21)28-16-18(14-19)29-17;22-15-11-16-13-25-20-7-3-1-5-18(20)23-9-10-24-19-6-2-4-8-21(19)26-14-17(12-15)27-16;1-3-10-20-18(8-1)22-12-13-23-19-9-2-4-11-21(19)25-15-17-7-5-6-16(26-17)14-24-20;;;;;;;;;/h13-14,20-23,25-28H,1-12,15-16,24H2;11-12,18-21,23-26H,1-10,13-14H2;5-7,18-25H,1-4,8-15H2;6*1H;;;/q;;;;;;;;;3*+2/p-6/t20-,21?,22?,23-;2*18-,19?,20?,21-;;;;;;;;;/m111........./s1. The van der Waals surface area contributed by atoms with E-state index in [4.69, 9.17) is 92.9 Å². The predicted octanol–water partition coefficient (Wildman–Crippen LogP) is 11.1. The van der Waals surface area contributed by atoms with Crippen molar-refractivity contribution in [1.29, 1.82) is 0 Å². The smallest absolute Gasteiger partial charge is 0.0545 e. The van der Waals surface area contributed by atoms with Gasteiger partial charge >= 0.3 is 100.0 Å². The summed E-state index contributed by atoms with van der Waals surface area (Å²) < 4.78 is 0. The van der Waals surface area contributed by atoms with Crippen molar-refractivity contribution in [1.82, 2.24) is 78.8 Å². The summed E-state index contributed by atoms with van der Waals surface area (Å²) in [5.41, 5.74) is 12.5. The van der Waals surface area contributed by atoms with Crippen molar-refractivity contribution in [2.24, 2.45) is 5.73 Å². The number of nitrogens with zero attached hydrogens (tertiary/aromatic N) is 3. The van der Waals surface area contributed by atoms with Gasteiger partial charge in [0.25, 0.3) is 0 Å². The summed E-state index contributed by atoms with van der Waals surface area (Å²) >= 11 is 8.26. The van der Waals surface area contributed by atoms with Crippen molar-refractivity contribution in [2.45, 2.75) is 271 Å². The molecule has 9 aliphatic rings. The van der Waals surface area contributed by atoms with Crippen molar-refractivity contribution in [2.75, 3.05) is 51.6 Å². The van der Waals surface area contributed by atoms with E-state index >= 15 is 0 Å². The minimum absolute atomic E-state index is 0.00694. The Morgan fingerprint density at radius 2 is 0.543 bits per heavy atom. The SMILES string of the molecule is Clc1cc2nc(c1)CN[C@@H]1CCCCC1NCCN[C@@H]1CCCCC1NC2.NCCSc1cc2nc(c1)CN[C@@H]1CCCCC1NCCN[C@@H]1CCCCC1NC2.[Cl][Mn][Cl].[Cl][Mn][Cl].[Cl][Mn][Cl].c1cc2nc(c1)CN[C@@H]1CCCCC1NCCN[C@@H]1CCCCC1NC2. The Bertz CT molecular complexity index is 2290. The average molecular weight is 1560 g/mol. The number of rotatable bonds is 3. The van der Waals surface area contributed by atoms with Gasteiger partial charge in [-0.15, -0.1) is 11.8 Å². The van der Waals surface area contributed by atoms with Crippen LogP contribution in [0.25, 0.3) is 0 Å². The number of nitrogens with one attached hydrogen (secondary N) is 12. The number of pyridine rings is 3. The Morgan fingerprint density at radius 3 is 0.783 bits per heavy atom. The molecular formula is C65H109Cl7Mn3N16S. The third kappa shape index (κ3) is 30.2. The van der Waals surface area contributed by atoms with Crippen LogP contribution in [0.1, 0.15) is 188 Å². The molecule has 6 aliphatic carbocycles. The fraction of sp³-hybridized carbons (Fsp3) is 0.769. The van der Waals surface area contributed by atoms with Gasteiger partial charge in [-0.1, -0.05) is 94.7 Å². The molecule has 16 nitrogen and oxygen atoms in total. The van der Waals surface area contributed by atoms with Crippen LogP contribution in [0.4, 0.5) is 0 Å². The van der Waals surface area contributed by atoms with Gasteiger partial charge < -0.3 is 69.5 Å². The number of nitrogens with two attached hydrogens (primary N) is 1. The third-order valence-electron chi connectivity index (χ3n) is 19.7. The first kappa shape index (κ1) is 80.2. The quantitative estimate of drug-likeness (QED) is 0.0869. The molecule has 0 amide bonds. The van der Waals surface area contributed by atoms with Gasteiger partial charge in [0.2, 0.25) is 0 Å². The van der Waals surface area contributed by atoms with Crippen LogP contribution < -0.4 is 69.5 Å². The minimum Gasteiger partial charge on any atom is -0.311 e. The zero-order valence-corrected chi connectivity index (χ0v) is 63.6. The van der Waals surface area contributed by atoms with Crippen LogP contribution in [0.3, 0.4) is 0 Å². The molecule has 6 fully saturated rings. The van der Waals surface area contributed by atoms with Crippen molar-refractivity contribution < 1.29 is 39.4 Å². The number of thioether (sulfide) groups is 1. The van der Waals surface area contributed by atoms with Gasteiger partial charge in [-0.3, -0.25) is 15.0 Å². The van der Waals surface area contributed by atoms with Gasteiger partial charge in [-0.2, -0.15) is 0 Å². The second kappa shape index (κ2) is 48.7. The number of fused-ring (bicyclic) bond motifs is 12. The van der Waals surface area contributed by atoms with Crippen molar-refractivity contribution in [3.05, 3.63) is 81.7 Å². The molecule has 12 atom stereocenters. The summed E-state index contributed by atoms with van der Waals surface area (Å²) in [6.07, 6.45) is 31.2. The van der Waals surface area contributed by atoms with Crippen LogP contribution in [-0.2, 0) is 78.7 Å². The average Bonchev–Trinajstić information content (AvgIpc) is 1.98. The minimum atomic E-state index is 0.00694. The Labute approximate surface area is 606 Å². The van der Waals surface area contributed by atoms with E-state index in [2.05, 4.69) is 94.1 Å². The zero-order chi connectivity index (χ0) is 64.8. The van der Waals surface area contributed by atoms with Crippen LogP contribution >= 0.6 is 84.0 Å². The van der Waals surface area contributed by atoms with Crippen molar-refractivity contribution >= 4 is 84.0 Å². The zero-order valence-electron chi connectivity index (χ0n) is 53.9. The summed E-state index contributed by atoms with van der Waals surface area (Å²) in [5, 5.41) is 46.5. The maximum atomic E-state index is 6.39. The van der Waals surface area contributed by atoms with E-state index in [1.165, 1.54) is 170 Å². The normalized spacial score (nSPS) is 30.1. The van der Waals surface area contributed by atoms with Crippen molar-refractivity contribution in [3.8, 4) is 0 Å². The van der Waals surface area contributed by atoms with E-state index in [1.54, 1.807) is 0 Å². The maximum absolute atomic E-state index is 6.39. The first-order chi connectivity index (χ1) is 45.2. The van der Waals surface area contributed by atoms with E-state index in [-0.39, 0.29) is 39.4 Å². The van der Waals surface area contributed by atoms with Crippen LogP contribution in [0.5, 0.6) is 0 Å². The molecule has 6 bridgehead atoms. The van der Waals surface area contributed by atoms with Gasteiger partial charge in [0.1, 0.15) is 0 Å².